The molecule has 7 nitrogen and oxygen atoms in total. The summed E-state index contributed by atoms with van der Waals surface area (Å²) >= 11 is 0. The van der Waals surface area contributed by atoms with Gasteiger partial charge in [0.05, 0.1) is 11.9 Å². The fourth-order valence-corrected chi connectivity index (χ4v) is 2.94. The molecule has 2 heterocycles. The van der Waals surface area contributed by atoms with Crippen molar-refractivity contribution in [3.05, 3.63) is 22.6 Å². The van der Waals surface area contributed by atoms with E-state index in [0.717, 1.165) is 31.6 Å². The van der Waals surface area contributed by atoms with Crippen LogP contribution in [0.1, 0.15) is 33.1 Å². The van der Waals surface area contributed by atoms with Gasteiger partial charge >= 0.3 is 0 Å². The number of hydrogen-bond donors (Lipinski definition) is 2. The van der Waals surface area contributed by atoms with Gasteiger partial charge in [-0.05, 0) is 31.1 Å². The lowest BCUT2D eigenvalue weighted by atomic mass is 9.96. The first kappa shape index (κ1) is 18.4. The Morgan fingerprint density at radius 1 is 1.42 bits per heavy atom. The zero-order chi connectivity index (χ0) is 17.7. The van der Waals surface area contributed by atoms with E-state index in [1.165, 1.54) is 4.68 Å². The quantitative estimate of drug-likeness (QED) is 0.791. The maximum absolute atomic E-state index is 11.9. The van der Waals surface area contributed by atoms with Crippen molar-refractivity contribution >= 4 is 11.6 Å². The molecule has 0 saturated carbocycles. The Labute approximate surface area is 142 Å². The van der Waals surface area contributed by atoms with E-state index in [9.17, 15) is 14.7 Å². The highest BCUT2D eigenvalue weighted by Crippen LogP contribution is 2.21. The summed E-state index contributed by atoms with van der Waals surface area (Å²) in [6, 6.07) is 1.61. The zero-order valence-electron chi connectivity index (χ0n) is 14.7. The topological polar surface area (TPSA) is 87.5 Å². The number of amides is 1. The smallest absolute Gasteiger partial charge is 0.268 e. The van der Waals surface area contributed by atoms with Crippen molar-refractivity contribution in [1.82, 2.24) is 15.1 Å². The van der Waals surface area contributed by atoms with E-state index in [4.69, 9.17) is 0 Å². The lowest BCUT2D eigenvalue weighted by molar-refractivity contribution is -0.130. The van der Waals surface area contributed by atoms with E-state index < -0.39 is 6.10 Å². The van der Waals surface area contributed by atoms with E-state index in [-0.39, 0.29) is 11.5 Å². The number of nitrogens with one attached hydrogen (secondary N) is 1. The second-order valence-electron chi connectivity index (χ2n) is 7.00. The highest BCUT2D eigenvalue weighted by Gasteiger charge is 2.22. The molecule has 1 aromatic heterocycles. The van der Waals surface area contributed by atoms with Gasteiger partial charge in [0.2, 0.25) is 5.91 Å². The minimum Gasteiger partial charge on any atom is -0.383 e. The minimum absolute atomic E-state index is 0.110. The predicted octanol–water partition coefficient (Wildman–Crippen LogP) is 0.520. The summed E-state index contributed by atoms with van der Waals surface area (Å²) in [7, 11) is 1.63. The Morgan fingerprint density at radius 3 is 2.67 bits per heavy atom. The number of nitrogens with zero attached hydrogens (tertiary/aromatic N) is 3. The Hall–Kier alpha value is -1.89. The van der Waals surface area contributed by atoms with Crippen LogP contribution < -0.4 is 15.8 Å². The number of anilines is 1. The van der Waals surface area contributed by atoms with Crippen LogP contribution in [-0.4, -0.2) is 46.5 Å². The van der Waals surface area contributed by atoms with Crippen LogP contribution in [-0.2, 0) is 11.8 Å². The number of aliphatic hydroxyl groups excluding tert-OH is 1. The van der Waals surface area contributed by atoms with Gasteiger partial charge in [-0.15, -0.1) is 0 Å². The molecule has 1 aliphatic rings. The molecule has 1 atom stereocenters. The van der Waals surface area contributed by atoms with Crippen LogP contribution in [0.2, 0.25) is 0 Å². The van der Waals surface area contributed by atoms with Crippen LogP contribution in [0.25, 0.3) is 0 Å². The number of aliphatic hydroxyl groups is 1. The maximum Gasteiger partial charge on any atom is 0.268 e. The lowest BCUT2D eigenvalue weighted by Gasteiger charge is -2.33. The lowest BCUT2D eigenvalue weighted by Crippen LogP contribution is -2.42. The van der Waals surface area contributed by atoms with Crippen LogP contribution in [0, 0.1) is 11.8 Å². The Bertz CT molecular complexity index is 606. The Kier molecular flexibility index (Phi) is 6.36. The minimum atomic E-state index is -0.920. The van der Waals surface area contributed by atoms with Crippen molar-refractivity contribution < 1.29 is 9.90 Å². The van der Waals surface area contributed by atoms with E-state index in [1.54, 1.807) is 19.3 Å². The Morgan fingerprint density at radius 2 is 2.08 bits per heavy atom. The fourth-order valence-electron chi connectivity index (χ4n) is 2.94. The summed E-state index contributed by atoms with van der Waals surface area (Å²) in [6.45, 7) is 6.24. The van der Waals surface area contributed by atoms with Gasteiger partial charge in [0.15, 0.2) is 0 Å². The summed E-state index contributed by atoms with van der Waals surface area (Å²) in [5, 5.41) is 16.7. The summed E-state index contributed by atoms with van der Waals surface area (Å²) in [5.41, 5.74) is 0.744. The fraction of sp³-hybridized carbons (Fsp3) is 0.706. The van der Waals surface area contributed by atoms with Crippen molar-refractivity contribution in [1.29, 1.82) is 0 Å². The normalized spacial score (nSPS) is 17.1. The zero-order valence-corrected chi connectivity index (χ0v) is 14.7. The molecule has 1 aromatic rings. The molecule has 0 aliphatic carbocycles. The highest BCUT2D eigenvalue weighted by atomic mass is 16.3. The van der Waals surface area contributed by atoms with E-state index in [2.05, 4.69) is 15.3 Å². The SMILES string of the molecule is CC(C)CC(O)C(=O)NCC1CCN(c2cnn(C)c(=O)c2)CC1. The average Bonchev–Trinajstić information content (AvgIpc) is 2.55. The van der Waals surface area contributed by atoms with E-state index in [1.807, 2.05) is 13.8 Å². The van der Waals surface area contributed by atoms with Crippen LogP contribution >= 0.6 is 0 Å². The average molecular weight is 336 g/mol. The molecule has 1 unspecified atom stereocenters. The van der Waals surface area contributed by atoms with Crippen molar-refractivity contribution in [3.8, 4) is 0 Å². The van der Waals surface area contributed by atoms with Crippen LogP contribution in [0.15, 0.2) is 17.1 Å². The first-order valence-electron chi connectivity index (χ1n) is 8.61. The number of hydrogen-bond acceptors (Lipinski definition) is 5. The van der Waals surface area contributed by atoms with Gasteiger partial charge in [0.1, 0.15) is 6.10 Å². The molecular weight excluding hydrogens is 308 g/mol. The first-order valence-corrected chi connectivity index (χ1v) is 8.61. The van der Waals surface area contributed by atoms with E-state index in [0.29, 0.717) is 24.8 Å². The molecule has 1 saturated heterocycles. The van der Waals surface area contributed by atoms with Crippen LogP contribution in [0.3, 0.4) is 0 Å². The van der Waals surface area contributed by atoms with Crippen molar-refractivity contribution in [2.24, 2.45) is 18.9 Å². The first-order chi connectivity index (χ1) is 11.4. The van der Waals surface area contributed by atoms with Crippen molar-refractivity contribution in [3.63, 3.8) is 0 Å². The van der Waals surface area contributed by atoms with Gasteiger partial charge in [0, 0.05) is 32.7 Å². The van der Waals surface area contributed by atoms with Gasteiger partial charge in [-0.2, -0.15) is 5.10 Å². The largest absolute Gasteiger partial charge is 0.383 e. The molecule has 2 rings (SSSR count). The number of piperidine rings is 1. The highest BCUT2D eigenvalue weighted by molar-refractivity contribution is 5.80. The van der Waals surface area contributed by atoms with Gasteiger partial charge in [-0.25, -0.2) is 4.68 Å². The molecule has 134 valence electrons. The predicted molar refractivity (Wildman–Crippen MR) is 92.9 cm³/mol. The summed E-state index contributed by atoms with van der Waals surface area (Å²) in [4.78, 5) is 25.7. The molecule has 0 radical (unpaired) electrons. The van der Waals surface area contributed by atoms with Crippen molar-refractivity contribution in [2.75, 3.05) is 24.5 Å². The molecule has 24 heavy (non-hydrogen) atoms. The third kappa shape index (κ3) is 5.06. The molecule has 7 heteroatoms. The summed E-state index contributed by atoms with van der Waals surface area (Å²) in [5.74, 6) is 0.416. The molecule has 0 bridgehead atoms. The van der Waals surface area contributed by atoms with Crippen LogP contribution in [0.5, 0.6) is 0 Å². The summed E-state index contributed by atoms with van der Waals surface area (Å²) in [6.07, 6.45) is 3.16. The van der Waals surface area contributed by atoms with Crippen molar-refractivity contribution in [2.45, 2.75) is 39.2 Å². The van der Waals surface area contributed by atoms with Gasteiger partial charge < -0.3 is 15.3 Å². The number of aryl methyl sites for hydroxylation is 1. The van der Waals surface area contributed by atoms with Gasteiger partial charge in [0.25, 0.3) is 5.56 Å². The third-order valence-electron chi connectivity index (χ3n) is 4.50. The molecule has 1 amide bonds. The second kappa shape index (κ2) is 8.28. The number of carbonyl (C=O) groups is 1. The standard InChI is InChI=1S/C17H28N4O3/c1-12(2)8-15(22)17(24)18-10-13-4-6-21(7-5-13)14-9-16(23)20(3)19-11-14/h9,11-13,15,22H,4-8,10H2,1-3H3,(H,18,24). The van der Waals surface area contributed by atoms with Gasteiger partial charge in [-0.3, -0.25) is 9.59 Å². The molecular formula is C17H28N4O3. The molecule has 1 fully saturated rings. The number of carbonyl (C=O) groups excluding carboxylic acids is 1. The third-order valence-corrected chi connectivity index (χ3v) is 4.50. The Balaban J connectivity index is 1.77. The van der Waals surface area contributed by atoms with E-state index >= 15 is 0 Å². The summed E-state index contributed by atoms with van der Waals surface area (Å²) < 4.78 is 1.31. The maximum atomic E-state index is 11.9. The second-order valence-corrected chi connectivity index (χ2v) is 7.00. The van der Waals surface area contributed by atoms with Gasteiger partial charge in [-0.1, -0.05) is 13.8 Å². The van der Waals surface area contributed by atoms with Crippen LogP contribution in [0.4, 0.5) is 5.69 Å². The molecule has 1 aliphatic heterocycles. The monoisotopic (exact) mass is 336 g/mol. The number of rotatable bonds is 6. The molecule has 2 N–H and O–H groups in total. The molecule has 0 spiro atoms. The number of aromatic nitrogens is 2. The molecule has 0 aromatic carbocycles.